The maximum absolute atomic E-state index is 7.32. The Morgan fingerprint density at radius 1 is 1.00 bits per heavy atom. The monoisotopic (exact) mass is 450 g/mol. The van der Waals surface area contributed by atoms with Crippen molar-refractivity contribution in [2.45, 2.75) is 19.4 Å². The number of ether oxygens (including phenoxy) is 2. The van der Waals surface area contributed by atoms with Gasteiger partial charge in [0, 0.05) is 29.3 Å². The molecule has 6 rings (SSSR count). The van der Waals surface area contributed by atoms with Crippen LogP contribution in [0.3, 0.4) is 0 Å². The Labute approximate surface area is 199 Å². The number of pyridine rings is 1. The zero-order valence-electron chi connectivity index (χ0n) is 19.2. The first-order valence-electron chi connectivity index (χ1n) is 11.7. The number of fused-ring (bicyclic) bond motifs is 2. The molecule has 0 aliphatic carbocycles. The topological polar surface area (TPSA) is 43.9 Å². The van der Waals surface area contributed by atoms with E-state index in [1.54, 1.807) is 0 Å². The Kier molecular flexibility index (Phi) is 5.20. The predicted molar refractivity (Wildman–Crippen MR) is 133 cm³/mol. The second-order valence-corrected chi connectivity index (χ2v) is 9.22. The smallest absolute Gasteiger partial charge is 0.231 e. The molecule has 0 spiro atoms. The lowest BCUT2D eigenvalue weighted by Crippen LogP contribution is -2.31. The van der Waals surface area contributed by atoms with Gasteiger partial charge in [-0.2, -0.15) is 0 Å². The third-order valence-electron chi connectivity index (χ3n) is 7.05. The van der Waals surface area contributed by atoms with Crippen molar-refractivity contribution < 1.29 is 9.47 Å². The van der Waals surface area contributed by atoms with Crippen molar-refractivity contribution in [3.05, 3.63) is 72.3 Å². The van der Waals surface area contributed by atoms with Gasteiger partial charge in [0.05, 0.1) is 24.0 Å². The van der Waals surface area contributed by atoms with E-state index in [0.717, 1.165) is 59.0 Å². The molecule has 1 fully saturated rings. The van der Waals surface area contributed by atoms with Crippen LogP contribution in [-0.4, -0.2) is 41.4 Å². The van der Waals surface area contributed by atoms with Crippen LogP contribution in [0.1, 0.15) is 12.8 Å². The first-order chi connectivity index (χ1) is 16.7. The van der Waals surface area contributed by atoms with Gasteiger partial charge in [-0.1, -0.05) is 24.3 Å². The van der Waals surface area contributed by atoms with Crippen molar-refractivity contribution in [2.24, 2.45) is 5.92 Å². The summed E-state index contributed by atoms with van der Waals surface area (Å²) in [5.41, 5.74) is 5.79. The van der Waals surface area contributed by atoms with Gasteiger partial charge >= 0.3 is 0 Å². The minimum absolute atomic E-state index is 0.246. The van der Waals surface area contributed by atoms with Crippen molar-refractivity contribution in [1.82, 2.24) is 14.5 Å². The van der Waals surface area contributed by atoms with Gasteiger partial charge in [-0.15, -0.1) is 0 Å². The van der Waals surface area contributed by atoms with E-state index in [2.05, 4.69) is 33.6 Å². The van der Waals surface area contributed by atoms with Crippen LogP contribution in [0.2, 0.25) is 0 Å². The average molecular weight is 451 g/mol. The van der Waals surface area contributed by atoms with E-state index < -0.39 is 0 Å². The number of nitrogens with zero attached hydrogens (tertiary/aromatic N) is 4. The minimum Gasteiger partial charge on any atom is -0.454 e. The Bertz CT molecular complexity index is 1390. The largest absolute Gasteiger partial charge is 0.454 e. The zero-order valence-corrected chi connectivity index (χ0v) is 19.2. The highest BCUT2D eigenvalue weighted by atomic mass is 16.7. The highest BCUT2D eigenvalue weighted by molar-refractivity contribution is 6.02. The number of rotatable bonds is 4. The molecule has 0 saturated carbocycles. The standard InChI is InChI=1S/C28H26N4O2/c1-29-22-6-3-20(4-7-22)27-23-11-14-32(17-19-9-12-31(2)13-10-19)24(23)16-30-28(27)21-5-8-25-26(15-21)34-18-33-25/h3-8,11,14-16,19H,9-10,12-13,17-18H2,2H3. The van der Waals surface area contributed by atoms with Gasteiger partial charge in [-0.25, -0.2) is 4.85 Å². The maximum Gasteiger partial charge on any atom is 0.231 e. The number of benzene rings is 2. The third-order valence-corrected chi connectivity index (χ3v) is 7.05. The van der Waals surface area contributed by atoms with E-state index in [1.807, 2.05) is 48.7 Å². The molecule has 2 aromatic carbocycles. The van der Waals surface area contributed by atoms with Crippen LogP contribution in [-0.2, 0) is 6.54 Å². The molecular weight excluding hydrogens is 424 g/mol. The van der Waals surface area contributed by atoms with Crippen molar-refractivity contribution in [3.63, 3.8) is 0 Å². The third kappa shape index (κ3) is 3.68. The van der Waals surface area contributed by atoms with Crippen LogP contribution in [0, 0.1) is 12.5 Å². The summed E-state index contributed by atoms with van der Waals surface area (Å²) in [6, 6.07) is 16.0. The summed E-state index contributed by atoms with van der Waals surface area (Å²) < 4.78 is 13.5. The van der Waals surface area contributed by atoms with E-state index in [4.69, 9.17) is 21.0 Å². The molecule has 2 aliphatic heterocycles. The zero-order chi connectivity index (χ0) is 23.1. The van der Waals surface area contributed by atoms with E-state index in [0.29, 0.717) is 11.6 Å². The fourth-order valence-corrected chi connectivity index (χ4v) is 5.10. The summed E-state index contributed by atoms with van der Waals surface area (Å²) in [5.74, 6) is 2.19. The second kappa shape index (κ2) is 8.51. The van der Waals surface area contributed by atoms with Crippen molar-refractivity contribution in [3.8, 4) is 33.9 Å². The fraction of sp³-hybridized carbons (Fsp3) is 0.286. The summed E-state index contributed by atoms with van der Waals surface area (Å²) in [4.78, 5) is 10.9. The first kappa shape index (κ1) is 20.8. The molecule has 0 amide bonds. The number of hydrogen-bond donors (Lipinski definition) is 0. The summed E-state index contributed by atoms with van der Waals surface area (Å²) >= 11 is 0. The van der Waals surface area contributed by atoms with Crippen LogP contribution >= 0.6 is 0 Å². The van der Waals surface area contributed by atoms with Gasteiger partial charge < -0.3 is 18.9 Å². The van der Waals surface area contributed by atoms with E-state index >= 15 is 0 Å². The summed E-state index contributed by atoms with van der Waals surface area (Å²) in [7, 11) is 2.20. The lowest BCUT2D eigenvalue weighted by atomic mass is 9.95. The predicted octanol–water partition coefficient (Wildman–Crippen LogP) is 5.99. The highest BCUT2D eigenvalue weighted by Crippen LogP contribution is 2.41. The van der Waals surface area contributed by atoms with Gasteiger partial charge in [0.15, 0.2) is 17.2 Å². The van der Waals surface area contributed by atoms with E-state index in [1.165, 1.54) is 18.2 Å². The quantitative estimate of drug-likeness (QED) is 0.358. The van der Waals surface area contributed by atoms with Gasteiger partial charge in [0.25, 0.3) is 0 Å². The first-order valence-corrected chi connectivity index (χ1v) is 11.7. The van der Waals surface area contributed by atoms with Gasteiger partial charge in [0.2, 0.25) is 6.79 Å². The lowest BCUT2D eigenvalue weighted by Gasteiger charge is -2.29. The summed E-state index contributed by atoms with van der Waals surface area (Å²) in [5, 5.41) is 1.17. The lowest BCUT2D eigenvalue weighted by molar-refractivity contribution is 0.174. The Hall–Kier alpha value is -3.82. The molecule has 2 aliphatic rings. The molecule has 0 unspecified atom stereocenters. The highest BCUT2D eigenvalue weighted by Gasteiger charge is 2.21. The number of aromatic nitrogens is 2. The van der Waals surface area contributed by atoms with Crippen LogP contribution in [0.4, 0.5) is 5.69 Å². The van der Waals surface area contributed by atoms with Gasteiger partial charge in [-0.05, 0) is 68.7 Å². The molecule has 4 aromatic rings. The summed E-state index contributed by atoms with van der Waals surface area (Å²) in [6.45, 7) is 10.9. The second-order valence-electron chi connectivity index (χ2n) is 9.22. The van der Waals surface area contributed by atoms with E-state index in [-0.39, 0.29) is 6.79 Å². The SMILES string of the molecule is [C-]#[N+]c1ccc(-c2c(-c3ccc4c(c3)OCO4)ncc3c2ccn3CC2CCN(C)CC2)cc1. The van der Waals surface area contributed by atoms with Crippen molar-refractivity contribution in [1.29, 1.82) is 0 Å². The fourth-order valence-electron chi connectivity index (χ4n) is 5.10. The normalized spacial score (nSPS) is 16.1. The molecule has 170 valence electrons. The van der Waals surface area contributed by atoms with Crippen molar-refractivity contribution >= 4 is 16.6 Å². The molecule has 2 aromatic heterocycles. The Morgan fingerprint density at radius 2 is 1.76 bits per heavy atom. The maximum atomic E-state index is 7.32. The van der Waals surface area contributed by atoms with E-state index in [9.17, 15) is 0 Å². The van der Waals surface area contributed by atoms with Crippen molar-refractivity contribution in [2.75, 3.05) is 26.9 Å². The van der Waals surface area contributed by atoms with Crippen LogP contribution in [0.25, 0.3) is 38.1 Å². The van der Waals surface area contributed by atoms with Crippen LogP contribution < -0.4 is 9.47 Å². The average Bonchev–Trinajstić information content (AvgIpc) is 3.51. The molecule has 6 heteroatoms. The number of likely N-dealkylation sites (tertiary alicyclic amines) is 1. The molecule has 0 radical (unpaired) electrons. The molecule has 34 heavy (non-hydrogen) atoms. The van der Waals surface area contributed by atoms with Crippen LogP contribution in [0.15, 0.2) is 60.9 Å². The number of hydrogen-bond acceptors (Lipinski definition) is 4. The molecule has 6 nitrogen and oxygen atoms in total. The molecule has 4 heterocycles. The van der Waals surface area contributed by atoms with Gasteiger partial charge in [0.1, 0.15) is 0 Å². The molecule has 0 bridgehead atoms. The molecule has 0 atom stereocenters. The Morgan fingerprint density at radius 3 is 2.56 bits per heavy atom. The Balaban J connectivity index is 1.47. The molecule has 1 saturated heterocycles. The molecule has 0 N–H and O–H groups in total. The molecular formula is C28H26N4O2. The van der Waals surface area contributed by atoms with Crippen LogP contribution in [0.5, 0.6) is 11.5 Å². The minimum atomic E-state index is 0.246. The van der Waals surface area contributed by atoms with Gasteiger partial charge in [-0.3, -0.25) is 4.98 Å². The summed E-state index contributed by atoms with van der Waals surface area (Å²) in [6.07, 6.45) is 6.65. The number of piperidine rings is 1.